The summed E-state index contributed by atoms with van der Waals surface area (Å²) >= 11 is 0. The molecule has 1 aliphatic heterocycles. The Morgan fingerprint density at radius 3 is 2.38 bits per heavy atom. The van der Waals surface area contributed by atoms with Crippen molar-refractivity contribution in [3.63, 3.8) is 0 Å². The summed E-state index contributed by atoms with van der Waals surface area (Å²) in [4.78, 5) is 2.75. The Balaban J connectivity index is 1.96. The van der Waals surface area contributed by atoms with Crippen LogP contribution < -0.4 is 0 Å². The number of likely N-dealkylation sites (tertiary alicyclic amines) is 1. The summed E-state index contributed by atoms with van der Waals surface area (Å²) in [5, 5.41) is 0. The van der Waals surface area contributed by atoms with Crippen LogP contribution in [-0.4, -0.2) is 24.0 Å². The zero-order chi connectivity index (χ0) is 9.47. The Morgan fingerprint density at radius 1 is 1.23 bits per heavy atom. The molecule has 1 nitrogen and oxygen atoms in total. The van der Waals surface area contributed by atoms with Gasteiger partial charge in [0.15, 0.2) is 0 Å². The van der Waals surface area contributed by atoms with E-state index < -0.39 is 0 Å². The first-order valence-electron chi connectivity index (χ1n) is 5.81. The molecule has 2 rings (SSSR count). The maximum absolute atomic E-state index is 2.75. The summed E-state index contributed by atoms with van der Waals surface area (Å²) in [6.07, 6.45) is 5.80. The lowest BCUT2D eigenvalue weighted by molar-refractivity contribution is 0.0185. The van der Waals surface area contributed by atoms with Crippen LogP contribution in [0.4, 0.5) is 0 Å². The standard InChI is InChI=1S/C12H23N/c1-10-7-12(2,3)9-13(8-10)11-5-4-6-11/h10-11H,4-9H2,1-3H3. The number of piperidine rings is 1. The quantitative estimate of drug-likeness (QED) is 0.601. The van der Waals surface area contributed by atoms with Gasteiger partial charge in [0.05, 0.1) is 0 Å². The van der Waals surface area contributed by atoms with Crippen molar-refractivity contribution in [3.8, 4) is 0 Å². The minimum atomic E-state index is 0.563. The van der Waals surface area contributed by atoms with Crippen LogP contribution in [0.25, 0.3) is 0 Å². The van der Waals surface area contributed by atoms with Crippen LogP contribution >= 0.6 is 0 Å². The second kappa shape index (κ2) is 3.27. The van der Waals surface area contributed by atoms with Crippen molar-refractivity contribution in [2.24, 2.45) is 11.3 Å². The first kappa shape index (κ1) is 9.51. The Kier molecular flexibility index (Phi) is 2.39. The van der Waals surface area contributed by atoms with Crippen LogP contribution in [0.1, 0.15) is 46.5 Å². The molecule has 76 valence electrons. The molecule has 1 atom stereocenters. The average molecular weight is 181 g/mol. The van der Waals surface area contributed by atoms with Gasteiger partial charge in [-0.1, -0.05) is 27.2 Å². The highest BCUT2D eigenvalue weighted by Gasteiger charge is 2.35. The van der Waals surface area contributed by atoms with Crippen LogP contribution in [-0.2, 0) is 0 Å². The second-order valence-electron chi connectivity index (χ2n) is 5.99. The first-order chi connectivity index (χ1) is 6.07. The predicted molar refractivity (Wildman–Crippen MR) is 56.8 cm³/mol. The number of hydrogen-bond acceptors (Lipinski definition) is 1. The summed E-state index contributed by atoms with van der Waals surface area (Å²) in [7, 11) is 0. The molecule has 1 saturated carbocycles. The second-order valence-corrected chi connectivity index (χ2v) is 5.99. The van der Waals surface area contributed by atoms with Gasteiger partial charge in [-0.2, -0.15) is 0 Å². The Labute approximate surface area is 82.5 Å². The van der Waals surface area contributed by atoms with Gasteiger partial charge in [-0.25, -0.2) is 0 Å². The number of nitrogens with zero attached hydrogens (tertiary/aromatic N) is 1. The molecule has 0 aromatic rings. The number of rotatable bonds is 1. The van der Waals surface area contributed by atoms with Crippen molar-refractivity contribution in [1.29, 1.82) is 0 Å². The normalized spacial score (nSPS) is 35.8. The molecule has 2 aliphatic rings. The SMILES string of the molecule is CC1CN(C2CCC2)CC(C)(C)C1. The van der Waals surface area contributed by atoms with E-state index >= 15 is 0 Å². The van der Waals surface area contributed by atoms with E-state index in [4.69, 9.17) is 0 Å². The van der Waals surface area contributed by atoms with Gasteiger partial charge in [0.1, 0.15) is 0 Å². The Morgan fingerprint density at radius 2 is 1.92 bits per heavy atom. The molecule has 1 heteroatoms. The fraction of sp³-hybridized carbons (Fsp3) is 1.00. The molecule has 1 saturated heterocycles. The molecule has 2 fully saturated rings. The molecular formula is C12H23N. The van der Waals surface area contributed by atoms with E-state index in [0.717, 1.165) is 12.0 Å². The van der Waals surface area contributed by atoms with Gasteiger partial charge in [0.25, 0.3) is 0 Å². The Bertz CT molecular complexity index is 182. The summed E-state index contributed by atoms with van der Waals surface area (Å²) in [6, 6.07) is 0.946. The van der Waals surface area contributed by atoms with Crippen molar-refractivity contribution in [2.45, 2.75) is 52.5 Å². The number of hydrogen-bond donors (Lipinski definition) is 0. The van der Waals surface area contributed by atoms with Gasteiger partial charge in [-0.05, 0) is 30.6 Å². The van der Waals surface area contributed by atoms with Gasteiger partial charge in [-0.15, -0.1) is 0 Å². The lowest BCUT2D eigenvalue weighted by Gasteiger charge is -2.47. The van der Waals surface area contributed by atoms with Crippen molar-refractivity contribution in [3.05, 3.63) is 0 Å². The molecule has 0 aromatic heterocycles. The van der Waals surface area contributed by atoms with Crippen molar-refractivity contribution in [1.82, 2.24) is 4.90 Å². The third-order valence-corrected chi connectivity index (χ3v) is 3.67. The van der Waals surface area contributed by atoms with E-state index in [2.05, 4.69) is 25.7 Å². The zero-order valence-electron chi connectivity index (χ0n) is 9.34. The van der Waals surface area contributed by atoms with Crippen molar-refractivity contribution < 1.29 is 0 Å². The highest BCUT2D eigenvalue weighted by Crippen LogP contribution is 2.36. The molecule has 0 aromatic carbocycles. The smallest absolute Gasteiger partial charge is 0.00956 e. The molecule has 0 N–H and O–H groups in total. The molecule has 0 amide bonds. The van der Waals surface area contributed by atoms with E-state index in [1.807, 2.05) is 0 Å². The van der Waals surface area contributed by atoms with Gasteiger partial charge >= 0.3 is 0 Å². The summed E-state index contributed by atoms with van der Waals surface area (Å²) in [5.41, 5.74) is 0.563. The lowest BCUT2D eigenvalue weighted by Crippen LogP contribution is -2.51. The maximum atomic E-state index is 2.75. The van der Waals surface area contributed by atoms with Crippen LogP contribution in [0, 0.1) is 11.3 Å². The van der Waals surface area contributed by atoms with E-state index in [9.17, 15) is 0 Å². The van der Waals surface area contributed by atoms with Gasteiger partial charge in [-0.3, -0.25) is 4.90 Å². The fourth-order valence-electron chi connectivity index (χ4n) is 3.12. The minimum absolute atomic E-state index is 0.563. The largest absolute Gasteiger partial charge is 0.300 e. The monoisotopic (exact) mass is 181 g/mol. The summed E-state index contributed by atoms with van der Waals surface area (Å²) < 4.78 is 0. The van der Waals surface area contributed by atoms with E-state index in [0.29, 0.717) is 5.41 Å². The molecule has 1 heterocycles. The third-order valence-electron chi connectivity index (χ3n) is 3.67. The Hall–Kier alpha value is -0.0400. The van der Waals surface area contributed by atoms with Crippen LogP contribution in [0.2, 0.25) is 0 Å². The van der Waals surface area contributed by atoms with Crippen LogP contribution in [0.15, 0.2) is 0 Å². The molecule has 0 bridgehead atoms. The molecule has 13 heavy (non-hydrogen) atoms. The van der Waals surface area contributed by atoms with Crippen molar-refractivity contribution >= 4 is 0 Å². The molecular weight excluding hydrogens is 158 g/mol. The fourth-order valence-corrected chi connectivity index (χ4v) is 3.12. The van der Waals surface area contributed by atoms with E-state index in [-0.39, 0.29) is 0 Å². The highest BCUT2D eigenvalue weighted by molar-refractivity contribution is 4.89. The molecule has 1 aliphatic carbocycles. The zero-order valence-corrected chi connectivity index (χ0v) is 9.34. The van der Waals surface area contributed by atoms with Gasteiger partial charge in [0, 0.05) is 19.1 Å². The topological polar surface area (TPSA) is 3.24 Å². The maximum Gasteiger partial charge on any atom is 0.00956 e. The summed E-state index contributed by atoms with van der Waals surface area (Å²) in [6.45, 7) is 9.95. The molecule has 1 unspecified atom stereocenters. The first-order valence-corrected chi connectivity index (χ1v) is 5.81. The highest BCUT2D eigenvalue weighted by atomic mass is 15.2. The van der Waals surface area contributed by atoms with Crippen LogP contribution in [0.5, 0.6) is 0 Å². The van der Waals surface area contributed by atoms with E-state index in [1.165, 1.54) is 38.8 Å². The van der Waals surface area contributed by atoms with Crippen molar-refractivity contribution in [2.75, 3.05) is 13.1 Å². The molecule has 0 spiro atoms. The average Bonchev–Trinajstić information content (AvgIpc) is 1.75. The molecule has 0 radical (unpaired) electrons. The van der Waals surface area contributed by atoms with Gasteiger partial charge < -0.3 is 0 Å². The minimum Gasteiger partial charge on any atom is -0.300 e. The third kappa shape index (κ3) is 2.07. The predicted octanol–water partition coefficient (Wildman–Crippen LogP) is 2.91. The van der Waals surface area contributed by atoms with Gasteiger partial charge in [0.2, 0.25) is 0 Å². The lowest BCUT2D eigenvalue weighted by atomic mass is 9.77. The summed E-state index contributed by atoms with van der Waals surface area (Å²) in [5.74, 6) is 0.907. The van der Waals surface area contributed by atoms with E-state index in [1.54, 1.807) is 0 Å². The van der Waals surface area contributed by atoms with Crippen LogP contribution in [0.3, 0.4) is 0 Å².